The molecule has 0 aromatic rings. The number of hydrogen-bond acceptors (Lipinski definition) is 2. The first-order chi connectivity index (χ1) is 6.90. The second kappa shape index (κ2) is 4.29. The summed E-state index contributed by atoms with van der Waals surface area (Å²) in [6, 6.07) is 0. The van der Waals surface area contributed by atoms with Gasteiger partial charge in [0.15, 0.2) is 0 Å². The van der Waals surface area contributed by atoms with Gasteiger partial charge in [0.05, 0.1) is 0 Å². The first-order valence-corrected chi connectivity index (χ1v) is 8.23. The molecule has 0 aromatic carbocycles. The van der Waals surface area contributed by atoms with Crippen LogP contribution in [0.2, 0.25) is 0 Å². The number of thioether (sulfide) groups is 2. The molecular formula is C12H20S2. The predicted molar refractivity (Wildman–Crippen MR) is 67.2 cm³/mol. The third-order valence-corrected chi connectivity index (χ3v) is 5.88. The Morgan fingerprint density at radius 3 is 1.79 bits per heavy atom. The highest BCUT2D eigenvalue weighted by Gasteiger charge is 2.32. The van der Waals surface area contributed by atoms with Gasteiger partial charge in [0.1, 0.15) is 0 Å². The van der Waals surface area contributed by atoms with E-state index in [1.165, 1.54) is 17.9 Å². The van der Waals surface area contributed by atoms with E-state index in [-0.39, 0.29) is 0 Å². The van der Waals surface area contributed by atoms with Gasteiger partial charge in [-0.2, -0.15) is 23.5 Å². The fourth-order valence-electron chi connectivity index (χ4n) is 2.98. The first-order valence-electron chi connectivity index (χ1n) is 6.13. The van der Waals surface area contributed by atoms with Crippen LogP contribution in [0.15, 0.2) is 0 Å². The summed E-state index contributed by atoms with van der Waals surface area (Å²) in [5, 5.41) is 2.16. The number of hydrogen-bond donors (Lipinski definition) is 0. The third kappa shape index (κ3) is 2.85. The lowest BCUT2D eigenvalue weighted by atomic mass is 9.78. The Labute approximate surface area is 96.0 Å². The van der Waals surface area contributed by atoms with Gasteiger partial charge < -0.3 is 0 Å². The molecule has 4 atom stereocenters. The molecule has 3 rings (SSSR count). The third-order valence-electron chi connectivity index (χ3n) is 3.89. The van der Waals surface area contributed by atoms with Gasteiger partial charge in [-0.15, -0.1) is 0 Å². The smallest absolute Gasteiger partial charge is 0.0141 e. The van der Waals surface area contributed by atoms with Crippen molar-refractivity contribution < 1.29 is 0 Å². The molecule has 2 saturated heterocycles. The monoisotopic (exact) mass is 228 g/mol. The molecule has 0 amide bonds. The van der Waals surface area contributed by atoms with Crippen LogP contribution in [0.4, 0.5) is 0 Å². The molecule has 3 fully saturated rings. The molecule has 0 nitrogen and oxygen atoms in total. The quantitative estimate of drug-likeness (QED) is 0.671. The summed E-state index contributed by atoms with van der Waals surface area (Å²) in [5.41, 5.74) is 0. The largest absolute Gasteiger partial charge is 0.157 e. The van der Waals surface area contributed by atoms with Crippen molar-refractivity contribution in [3.8, 4) is 0 Å². The molecule has 0 aromatic heterocycles. The van der Waals surface area contributed by atoms with Crippen LogP contribution in [0.5, 0.6) is 0 Å². The molecule has 2 aliphatic heterocycles. The average molecular weight is 228 g/mol. The molecule has 4 unspecified atom stereocenters. The maximum absolute atomic E-state index is 2.19. The van der Waals surface area contributed by atoms with Gasteiger partial charge in [0.25, 0.3) is 0 Å². The van der Waals surface area contributed by atoms with E-state index in [2.05, 4.69) is 23.5 Å². The molecular weight excluding hydrogens is 208 g/mol. The molecule has 2 heterocycles. The molecule has 0 bridgehead atoms. The van der Waals surface area contributed by atoms with E-state index in [9.17, 15) is 0 Å². The highest BCUT2D eigenvalue weighted by Crippen LogP contribution is 2.44. The molecule has 0 radical (unpaired) electrons. The highest BCUT2D eigenvalue weighted by molar-refractivity contribution is 8.07. The Bertz CT molecular complexity index is 176. The van der Waals surface area contributed by atoms with Gasteiger partial charge in [0.2, 0.25) is 0 Å². The fourth-order valence-corrected chi connectivity index (χ4v) is 4.34. The van der Waals surface area contributed by atoms with Crippen LogP contribution in [-0.2, 0) is 0 Å². The molecule has 14 heavy (non-hydrogen) atoms. The second-order valence-corrected chi connectivity index (χ2v) is 7.95. The van der Waals surface area contributed by atoms with Crippen molar-refractivity contribution in [2.75, 3.05) is 11.5 Å². The lowest BCUT2D eigenvalue weighted by molar-refractivity contribution is 0.249. The molecule has 0 spiro atoms. The van der Waals surface area contributed by atoms with Crippen LogP contribution < -0.4 is 0 Å². The maximum atomic E-state index is 2.19. The lowest BCUT2D eigenvalue weighted by Crippen LogP contribution is -2.18. The second-order valence-electron chi connectivity index (χ2n) is 5.28. The molecule has 80 valence electrons. The van der Waals surface area contributed by atoms with E-state index >= 15 is 0 Å². The average Bonchev–Trinajstić information content (AvgIpc) is 3.00. The van der Waals surface area contributed by atoms with Crippen LogP contribution in [-0.4, -0.2) is 22.0 Å². The van der Waals surface area contributed by atoms with E-state index in [0.717, 1.165) is 22.3 Å². The lowest BCUT2D eigenvalue weighted by Gasteiger charge is -2.28. The van der Waals surface area contributed by atoms with Crippen LogP contribution in [0, 0.1) is 11.8 Å². The SMILES string of the molecule is C1CC(CC2CS2)CC(CC2CS2)C1. The van der Waals surface area contributed by atoms with Gasteiger partial charge in [-0.25, -0.2) is 0 Å². The Morgan fingerprint density at radius 1 is 0.857 bits per heavy atom. The molecule has 2 heteroatoms. The Hall–Kier alpha value is 0.700. The highest BCUT2D eigenvalue weighted by atomic mass is 32.2. The summed E-state index contributed by atoms with van der Waals surface area (Å²) in [7, 11) is 0. The zero-order valence-corrected chi connectivity index (χ0v) is 10.4. The summed E-state index contributed by atoms with van der Waals surface area (Å²) >= 11 is 4.37. The van der Waals surface area contributed by atoms with E-state index in [1.807, 2.05) is 0 Å². The topological polar surface area (TPSA) is 0 Å². The normalized spacial score (nSPS) is 46.3. The van der Waals surface area contributed by atoms with Crippen molar-refractivity contribution in [2.45, 2.75) is 49.0 Å². The maximum Gasteiger partial charge on any atom is 0.0141 e. The molecule has 0 N–H and O–H groups in total. The minimum Gasteiger partial charge on any atom is -0.157 e. The Kier molecular flexibility index (Phi) is 3.03. The summed E-state index contributed by atoms with van der Waals surface area (Å²) in [5.74, 6) is 5.16. The molecule has 3 aliphatic rings. The first kappa shape index (κ1) is 9.89. The van der Waals surface area contributed by atoms with E-state index in [1.54, 1.807) is 32.1 Å². The van der Waals surface area contributed by atoms with Crippen molar-refractivity contribution in [2.24, 2.45) is 11.8 Å². The fraction of sp³-hybridized carbons (Fsp3) is 1.00. The number of rotatable bonds is 4. The van der Waals surface area contributed by atoms with E-state index < -0.39 is 0 Å². The summed E-state index contributed by atoms with van der Waals surface area (Å²) in [4.78, 5) is 0. The minimum absolute atomic E-state index is 1.08. The van der Waals surface area contributed by atoms with Crippen LogP contribution in [0.3, 0.4) is 0 Å². The standard InChI is InChI=1S/C12H20S2/c1-2-9(5-11-7-13-11)4-10(3-1)6-12-8-14-12/h9-12H,1-8H2. The van der Waals surface area contributed by atoms with Crippen molar-refractivity contribution in [1.29, 1.82) is 0 Å². The summed E-state index contributed by atoms with van der Waals surface area (Å²) in [6.45, 7) is 0. The van der Waals surface area contributed by atoms with E-state index in [4.69, 9.17) is 0 Å². The van der Waals surface area contributed by atoms with Gasteiger partial charge >= 0.3 is 0 Å². The predicted octanol–water partition coefficient (Wildman–Crippen LogP) is 3.80. The van der Waals surface area contributed by atoms with E-state index in [0.29, 0.717) is 0 Å². The van der Waals surface area contributed by atoms with Gasteiger partial charge in [0, 0.05) is 22.0 Å². The molecule has 1 aliphatic carbocycles. The van der Waals surface area contributed by atoms with Gasteiger partial charge in [-0.3, -0.25) is 0 Å². The van der Waals surface area contributed by atoms with Crippen LogP contribution in [0.1, 0.15) is 38.5 Å². The zero-order chi connectivity index (χ0) is 9.38. The van der Waals surface area contributed by atoms with Gasteiger partial charge in [-0.05, 0) is 31.1 Å². The van der Waals surface area contributed by atoms with Crippen molar-refractivity contribution >= 4 is 23.5 Å². The summed E-state index contributed by atoms with van der Waals surface area (Å²) in [6.07, 6.45) is 9.31. The van der Waals surface area contributed by atoms with Crippen molar-refractivity contribution in [3.05, 3.63) is 0 Å². The zero-order valence-electron chi connectivity index (χ0n) is 8.78. The minimum atomic E-state index is 1.08. The van der Waals surface area contributed by atoms with Crippen LogP contribution >= 0.6 is 23.5 Å². The van der Waals surface area contributed by atoms with Crippen molar-refractivity contribution in [1.82, 2.24) is 0 Å². The van der Waals surface area contributed by atoms with Crippen molar-refractivity contribution in [3.63, 3.8) is 0 Å². The van der Waals surface area contributed by atoms with Crippen LogP contribution in [0.25, 0.3) is 0 Å². The van der Waals surface area contributed by atoms with Gasteiger partial charge in [-0.1, -0.05) is 19.3 Å². The Balaban J connectivity index is 1.44. The Morgan fingerprint density at radius 2 is 1.36 bits per heavy atom. The summed E-state index contributed by atoms with van der Waals surface area (Å²) < 4.78 is 0. The molecule has 1 saturated carbocycles.